The summed E-state index contributed by atoms with van der Waals surface area (Å²) >= 11 is 0. The molecule has 1 aromatic rings. The Hall–Kier alpha value is -0.860. The Kier molecular flexibility index (Phi) is 6.90. The van der Waals surface area contributed by atoms with E-state index in [4.69, 9.17) is 5.73 Å². The zero-order valence-corrected chi connectivity index (χ0v) is 11.2. The normalized spacial score (nSPS) is 12.9. The van der Waals surface area contributed by atoms with Gasteiger partial charge in [0, 0.05) is 6.54 Å². The van der Waals surface area contributed by atoms with Gasteiger partial charge in [0.15, 0.2) is 0 Å². The van der Waals surface area contributed by atoms with E-state index in [2.05, 4.69) is 49.1 Å². The van der Waals surface area contributed by atoms with E-state index in [1.807, 2.05) is 0 Å². The molecule has 0 aliphatic heterocycles. The van der Waals surface area contributed by atoms with Crippen LogP contribution in [0.15, 0.2) is 30.3 Å². The van der Waals surface area contributed by atoms with Gasteiger partial charge >= 0.3 is 0 Å². The molecule has 0 spiro atoms. The van der Waals surface area contributed by atoms with Gasteiger partial charge in [0.1, 0.15) is 0 Å². The van der Waals surface area contributed by atoms with Gasteiger partial charge in [-0.2, -0.15) is 0 Å². The number of hydrogen-bond acceptors (Lipinski definition) is 2. The van der Waals surface area contributed by atoms with Crippen LogP contribution in [0, 0.1) is 5.92 Å². The van der Waals surface area contributed by atoms with Gasteiger partial charge in [0.25, 0.3) is 0 Å². The van der Waals surface area contributed by atoms with Gasteiger partial charge in [-0.15, -0.1) is 0 Å². The predicted molar refractivity (Wildman–Crippen MR) is 75.1 cm³/mol. The van der Waals surface area contributed by atoms with Crippen molar-refractivity contribution in [2.75, 3.05) is 26.2 Å². The Bertz CT molecular complexity index is 284. The van der Waals surface area contributed by atoms with Crippen LogP contribution in [0.3, 0.4) is 0 Å². The fraction of sp³-hybridized carbons (Fsp3) is 0.600. The third-order valence-corrected chi connectivity index (χ3v) is 3.20. The highest BCUT2D eigenvalue weighted by Gasteiger charge is 2.06. The molecule has 0 aromatic heterocycles. The molecule has 1 unspecified atom stereocenters. The number of rotatable bonds is 8. The first-order chi connectivity index (χ1) is 8.26. The number of nitrogens with zero attached hydrogens (tertiary/aromatic N) is 1. The van der Waals surface area contributed by atoms with Crippen LogP contribution in [0.4, 0.5) is 0 Å². The van der Waals surface area contributed by atoms with E-state index in [-0.39, 0.29) is 0 Å². The molecule has 0 saturated carbocycles. The summed E-state index contributed by atoms with van der Waals surface area (Å²) in [6.45, 7) is 8.66. The maximum absolute atomic E-state index is 5.67. The summed E-state index contributed by atoms with van der Waals surface area (Å²) in [4.78, 5) is 2.50. The molecule has 2 heteroatoms. The van der Waals surface area contributed by atoms with Gasteiger partial charge in [-0.05, 0) is 44.0 Å². The van der Waals surface area contributed by atoms with E-state index in [0.29, 0.717) is 5.92 Å². The predicted octanol–water partition coefficient (Wildman–Crippen LogP) is 2.54. The van der Waals surface area contributed by atoms with E-state index in [9.17, 15) is 0 Å². The summed E-state index contributed by atoms with van der Waals surface area (Å²) < 4.78 is 0. The minimum absolute atomic E-state index is 0.603. The molecule has 0 saturated heterocycles. The summed E-state index contributed by atoms with van der Waals surface area (Å²) in [5, 5.41) is 0. The molecule has 0 bridgehead atoms. The van der Waals surface area contributed by atoms with Crippen molar-refractivity contribution in [2.24, 2.45) is 11.7 Å². The third-order valence-electron chi connectivity index (χ3n) is 3.20. The van der Waals surface area contributed by atoms with Crippen molar-refractivity contribution in [1.82, 2.24) is 4.90 Å². The summed E-state index contributed by atoms with van der Waals surface area (Å²) in [5.41, 5.74) is 7.11. The van der Waals surface area contributed by atoms with E-state index >= 15 is 0 Å². The molecule has 0 radical (unpaired) electrons. The van der Waals surface area contributed by atoms with Crippen molar-refractivity contribution in [3.63, 3.8) is 0 Å². The summed E-state index contributed by atoms with van der Waals surface area (Å²) in [7, 11) is 0. The molecule has 96 valence electrons. The average molecular weight is 234 g/mol. The van der Waals surface area contributed by atoms with Crippen LogP contribution in [-0.2, 0) is 6.42 Å². The molecule has 0 heterocycles. The maximum Gasteiger partial charge on any atom is 0.00189 e. The molecule has 0 fully saturated rings. The van der Waals surface area contributed by atoms with Crippen molar-refractivity contribution < 1.29 is 0 Å². The third kappa shape index (κ3) is 5.85. The maximum atomic E-state index is 5.67. The van der Waals surface area contributed by atoms with Crippen LogP contribution in [0.2, 0.25) is 0 Å². The van der Waals surface area contributed by atoms with Gasteiger partial charge in [-0.1, -0.05) is 44.2 Å². The summed E-state index contributed by atoms with van der Waals surface area (Å²) in [6, 6.07) is 10.7. The first-order valence-electron chi connectivity index (χ1n) is 6.72. The molecule has 2 nitrogen and oxygen atoms in total. The molecule has 2 N–H and O–H groups in total. The first kappa shape index (κ1) is 14.2. The van der Waals surface area contributed by atoms with E-state index in [1.165, 1.54) is 24.9 Å². The smallest absolute Gasteiger partial charge is 0.00189 e. The summed E-state index contributed by atoms with van der Waals surface area (Å²) in [5.74, 6) is 0.603. The Labute approximate surface area is 106 Å². The Balaban J connectivity index is 2.24. The molecule has 0 aliphatic carbocycles. The zero-order chi connectivity index (χ0) is 12.5. The topological polar surface area (TPSA) is 29.3 Å². The van der Waals surface area contributed by atoms with Crippen LogP contribution in [0.1, 0.15) is 25.8 Å². The number of nitrogens with two attached hydrogens (primary N) is 1. The Morgan fingerprint density at radius 2 is 1.94 bits per heavy atom. The van der Waals surface area contributed by atoms with Crippen LogP contribution in [0.5, 0.6) is 0 Å². The van der Waals surface area contributed by atoms with Crippen molar-refractivity contribution in [3.05, 3.63) is 35.9 Å². The molecule has 17 heavy (non-hydrogen) atoms. The minimum Gasteiger partial charge on any atom is -0.330 e. The van der Waals surface area contributed by atoms with Gasteiger partial charge in [-0.25, -0.2) is 0 Å². The van der Waals surface area contributed by atoms with E-state index in [1.54, 1.807) is 0 Å². The van der Waals surface area contributed by atoms with Crippen molar-refractivity contribution >= 4 is 0 Å². The van der Waals surface area contributed by atoms with Crippen molar-refractivity contribution in [2.45, 2.75) is 26.7 Å². The molecular formula is C15H26N2. The van der Waals surface area contributed by atoms with Gasteiger partial charge in [0.2, 0.25) is 0 Å². The van der Waals surface area contributed by atoms with Gasteiger partial charge in [-0.3, -0.25) is 0 Å². The fourth-order valence-electron chi connectivity index (χ4n) is 2.05. The lowest BCUT2D eigenvalue weighted by Gasteiger charge is -2.23. The number of benzene rings is 1. The largest absolute Gasteiger partial charge is 0.330 e. The Morgan fingerprint density at radius 3 is 2.53 bits per heavy atom. The van der Waals surface area contributed by atoms with Crippen LogP contribution in [-0.4, -0.2) is 31.1 Å². The quantitative estimate of drug-likeness (QED) is 0.749. The van der Waals surface area contributed by atoms with Crippen LogP contribution in [0.25, 0.3) is 0 Å². The minimum atomic E-state index is 0.603. The highest BCUT2D eigenvalue weighted by Crippen LogP contribution is 2.05. The van der Waals surface area contributed by atoms with Crippen LogP contribution < -0.4 is 5.73 Å². The number of aryl methyl sites for hydroxylation is 1. The van der Waals surface area contributed by atoms with Crippen LogP contribution >= 0.6 is 0 Å². The standard InChI is InChI=1S/C15H26N2/c1-3-17(13-14(2)12-16)11-7-10-15-8-5-4-6-9-15/h4-6,8-9,14H,3,7,10-13,16H2,1-2H3. The van der Waals surface area contributed by atoms with Gasteiger partial charge in [0.05, 0.1) is 0 Å². The van der Waals surface area contributed by atoms with E-state index < -0.39 is 0 Å². The SMILES string of the molecule is CCN(CCCc1ccccc1)CC(C)CN. The van der Waals surface area contributed by atoms with E-state index in [0.717, 1.165) is 19.6 Å². The highest BCUT2D eigenvalue weighted by molar-refractivity contribution is 5.14. The molecular weight excluding hydrogens is 208 g/mol. The first-order valence-corrected chi connectivity index (χ1v) is 6.72. The lowest BCUT2D eigenvalue weighted by molar-refractivity contribution is 0.248. The molecule has 1 atom stereocenters. The average Bonchev–Trinajstić information content (AvgIpc) is 2.38. The second kappa shape index (κ2) is 8.26. The second-order valence-electron chi connectivity index (χ2n) is 4.82. The van der Waals surface area contributed by atoms with Gasteiger partial charge < -0.3 is 10.6 Å². The molecule has 0 amide bonds. The lowest BCUT2D eigenvalue weighted by atomic mass is 10.1. The van der Waals surface area contributed by atoms with Crippen molar-refractivity contribution in [1.29, 1.82) is 0 Å². The molecule has 0 aliphatic rings. The second-order valence-corrected chi connectivity index (χ2v) is 4.82. The highest BCUT2D eigenvalue weighted by atomic mass is 15.1. The lowest BCUT2D eigenvalue weighted by Crippen LogP contribution is -2.32. The summed E-state index contributed by atoms with van der Waals surface area (Å²) in [6.07, 6.45) is 2.41. The number of hydrogen-bond donors (Lipinski definition) is 1. The zero-order valence-electron chi connectivity index (χ0n) is 11.2. The Morgan fingerprint density at radius 1 is 1.24 bits per heavy atom. The molecule has 1 rings (SSSR count). The molecule has 1 aromatic carbocycles. The fourth-order valence-corrected chi connectivity index (χ4v) is 2.05. The van der Waals surface area contributed by atoms with Crippen molar-refractivity contribution in [3.8, 4) is 0 Å². The monoisotopic (exact) mass is 234 g/mol.